The summed E-state index contributed by atoms with van der Waals surface area (Å²) >= 11 is 1.53. The standard InChI is InChI=1S/C16H16N4O3S.2ClH/c17-10-11-8-12(16(21)13(9-11)20(22)23)15(14-2-1-7-24-14)19-5-3-18-4-6-19;;/h1-2,7-9,15,18,21H,3-6H2;2*1H/t15-;;/m1../s1. The molecule has 1 aliphatic rings. The van der Waals surface area contributed by atoms with Crippen LogP contribution in [0.3, 0.4) is 0 Å². The van der Waals surface area contributed by atoms with Gasteiger partial charge in [-0.2, -0.15) is 5.26 Å². The number of nitrogens with zero attached hydrogens (tertiary/aromatic N) is 3. The SMILES string of the molecule is Cl.Cl.N#Cc1cc([C@H](c2cccs2)N2CCNCC2)c(O)c([N+](=O)[O-])c1. The van der Waals surface area contributed by atoms with Gasteiger partial charge in [-0.3, -0.25) is 15.0 Å². The van der Waals surface area contributed by atoms with Crippen molar-refractivity contribution in [2.75, 3.05) is 26.2 Å². The van der Waals surface area contributed by atoms with Crippen molar-refractivity contribution in [3.8, 4) is 11.8 Å². The fourth-order valence-corrected chi connectivity index (χ4v) is 3.85. The molecule has 0 spiro atoms. The Morgan fingerprint density at radius 2 is 2.04 bits per heavy atom. The number of halogens is 2. The van der Waals surface area contributed by atoms with Gasteiger partial charge in [0, 0.05) is 42.7 Å². The van der Waals surface area contributed by atoms with Gasteiger partial charge in [-0.1, -0.05) is 6.07 Å². The van der Waals surface area contributed by atoms with E-state index in [0.717, 1.165) is 37.1 Å². The third kappa shape index (κ3) is 4.44. The summed E-state index contributed by atoms with van der Waals surface area (Å²) in [5, 5.41) is 36.1. The fraction of sp³-hybridized carbons (Fsp3) is 0.312. The number of aromatic hydroxyl groups is 1. The lowest BCUT2D eigenvalue weighted by atomic mass is 9.98. The molecule has 7 nitrogen and oxygen atoms in total. The molecule has 1 fully saturated rings. The van der Waals surface area contributed by atoms with Gasteiger partial charge in [-0.05, 0) is 17.5 Å². The number of benzene rings is 1. The van der Waals surface area contributed by atoms with Gasteiger partial charge < -0.3 is 10.4 Å². The Morgan fingerprint density at radius 1 is 1.35 bits per heavy atom. The highest BCUT2D eigenvalue weighted by Crippen LogP contribution is 2.41. The molecule has 0 unspecified atom stereocenters. The predicted molar refractivity (Wildman–Crippen MR) is 105 cm³/mol. The Labute approximate surface area is 167 Å². The van der Waals surface area contributed by atoms with E-state index in [-0.39, 0.29) is 42.2 Å². The van der Waals surface area contributed by atoms with Crippen molar-refractivity contribution in [1.82, 2.24) is 10.2 Å². The Kier molecular flexibility index (Phi) is 8.27. The summed E-state index contributed by atoms with van der Waals surface area (Å²) in [6.45, 7) is 3.13. The van der Waals surface area contributed by atoms with Crippen molar-refractivity contribution in [3.05, 3.63) is 55.8 Å². The molecule has 10 heteroatoms. The van der Waals surface area contributed by atoms with Crippen LogP contribution in [0.1, 0.15) is 22.0 Å². The highest BCUT2D eigenvalue weighted by molar-refractivity contribution is 7.10. The molecule has 1 aliphatic heterocycles. The molecule has 3 rings (SSSR count). The number of hydrogen-bond acceptors (Lipinski definition) is 7. The quantitative estimate of drug-likeness (QED) is 0.586. The van der Waals surface area contributed by atoms with Crippen LogP contribution in [0.2, 0.25) is 0 Å². The first kappa shape index (κ1) is 22.2. The molecule has 1 saturated heterocycles. The maximum absolute atomic E-state index is 11.2. The second-order valence-electron chi connectivity index (χ2n) is 5.51. The molecule has 2 N–H and O–H groups in total. The van der Waals surface area contributed by atoms with Crippen LogP contribution in [-0.2, 0) is 0 Å². The number of thiophene rings is 1. The predicted octanol–water partition coefficient (Wildman–Crippen LogP) is 3.07. The van der Waals surface area contributed by atoms with Gasteiger partial charge in [0.05, 0.1) is 22.6 Å². The molecule has 0 saturated carbocycles. The van der Waals surface area contributed by atoms with Gasteiger partial charge in [0.25, 0.3) is 0 Å². The van der Waals surface area contributed by atoms with Crippen LogP contribution in [0, 0.1) is 21.4 Å². The zero-order valence-corrected chi connectivity index (χ0v) is 16.1. The van der Waals surface area contributed by atoms with Gasteiger partial charge >= 0.3 is 5.69 Å². The molecule has 1 aromatic carbocycles. The molecule has 0 amide bonds. The van der Waals surface area contributed by atoms with E-state index in [1.54, 1.807) is 6.07 Å². The molecule has 0 radical (unpaired) electrons. The van der Waals surface area contributed by atoms with Gasteiger partial charge in [0.15, 0.2) is 5.75 Å². The zero-order valence-electron chi connectivity index (χ0n) is 13.6. The number of piperazine rings is 1. The summed E-state index contributed by atoms with van der Waals surface area (Å²) in [7, 11) is 0. The second-order valence-corrected chi connectivity index (χ2v) is 6.49. The molecule has 0 aliphatic carbocycles. The Morgan fingerprint density at radius 3 is 2.58 bits per heavy atom. The van der Waals surface area contributed by atoms with Crippen LogP contribution in [0.5, 0.6) is 5.75 Å². The Hall–Kier alpha value is -1.89. The number of phenols is 1. The number of rotatable bonds is 4. The monoisotopic (exact) mass is 416 g/mol. The van der Waals surface area contributed by atoms with Crippen molar-refractivity contribution < 1.29 is 10.0 Å². The number of hydrogen-bond donors (Lipinski definition) is 2. The lowest BCUT2D eigenvalue weighted by molar-refractivity contribution is -0.386. The molecule has 140 valence electrons. The summed E-state index contributed by atoms with van der Waals surface area (Å²) in [5.41, 5.74) is 0.150. The summed E-state index contributed by atoms with van der Waals surface area (Å²) < 4.78 is 0. The van der Waals surface area contributed by atoms with E-state index >= 15 is 0 Å². The third-order valence-electron chi connectivity index (χ3n) is 4.07. The van der Waals surface area contributed by atoms with E-state index in [1.165, 1.54) is 11.3 Å². The van der Waals surface area contributed by atoms with Crippen LogP contribution in [-0.4, -0.2) is 41.1 Å². The molecule has 2 heterocycles. The van der Waals surface area contributed by atoms with E-state index in [2.05, 4.69) is 10.2 Å². The maximum atomic E-state index is 11.2. The van der Waals surface area contributed by atoms with E-state index in [0.29, 0.717) is 5.56 Å². The van der Waals surface area contributed by atoms with Gasteiger partial charge in [0.2, 0.25) is 0 Å². The topological polar surface area (TPSA) is 102 Å². The maximum Gasteiger partial charge on any atom is 0.312 e. The molecular weight excluding hydrogens is 399 g/mol. The first-order valence-corrected chi connectivity index (χ1v) is 8.39. The first-order valence-electron chi connectivity index (χ1n) is 7.51. The van der Waals surface area contributed by atoms with Gasteiger partial charge in [0.1, 0.15) is 0 Å². The van der Waals surface area contributed by atoms with Gasteiger partial charge in [-0.15, -0.1) is 36.2 Å². The summed E-state index contributed by atoms with van der Waals surface area (Å²) in [6, 6.07) is 8.16. The molecule has 0 bridgehead atoms. The first-order chi connectivity index (χ1) is 11.6. The van der Waals surface area contributed by atoms with Crippen LogP contribution < -0.4 is 5.32 Å². The van der Waals surface area contributed by atoms with Crippen molar-refractivity contribution in [1.29, 1.82) is 5.26 Å². The summed E-state index contributed by atoms with van der Waals surface area (Å²) in [4.78, 5) is 13.7. The lowest BCUT2D eigenvalue weighted by Gasteiger charge is -2.35. The smallest absolute Gasteiger partial charge is 0.312 e. The largest absolute Gasteiger partial charge is 0.502 e. The number of nitrogens with one attached hydrogen (secondary N) is 1. The second kappa shape index (κ2) is 9.71. The summed E-state index contributed by atoms with van der Waals surface area (Å²) in [6.07, 6.45) is 0. The molecule has 26 heavy (non-hydrogen) atoms. The van der Waals surface area contributed by atoms with E-state index in [9.17, 15) is 20.5 Å². The average Bonchev–Trinajstić information content (AvgIpc) is 3.11. The molecule has 1 atom stereocenters. The lowest BCUT2D eigenvalue weighted by Crippen LogP contribution is -2.45. The van der Waals surface area contributed by atoms with Crippen LogP contribution in [0.15, 0.2) is 29.6 Å². The van der Waals surface area contributed by atoms with Crippen LogP contribution in [0.4, 0.5) is 5.69 Å². The van der Waals surface area contributed by atoms with E-state index < -0.39 is 10.6 Å². The Bertz CT molecular complexity index is 790. The normalized spacial score (nSPS) is 15.2. The minimum Gasteiger partial charge on any atom is -0.502 e. The number of nitro benzene ring substituents is 1. The average molecular weight is 417 g/mol. The highest BCUT2D eigenvalue weighted by atomic mass is 35.5. The van der Waals surface area contributed by atoms with Gasteiger partial charge in [-0.25, -0.2) is 0 Å². The Balaban J connectivity index is 0.00000169. The molecular formula is C16H18Cl2N4O3S. The zero-order chi connectivity index (χ0) is 17.1. The summed E-state index contributed by atoms with van der Waals surface area (Å²) in [5.74, 6) is -0.365. The van der Waals surface area contributed by atoms with Crippen molar-refractivity contribution >= 4 is 41.8 Å². The van der Waals surface area contributed by atoms with Crippen LogP contribution >= 0.6 is 36.2 Å². The fourth-order valence-electron chi connectivity index (χ4n) is 2.97. The number of phenolic OH excluding ortho intramolecular Hbond substituents is 1. The molecule has 1 aromatic heterocycles. The highest BCUT2D eigenvalue weighted by Gasteiger charge is 2.31. The minimum atomic E-state index is -0.650. The minimum absolute atomic E-state index is 0. The van der Waals surface area contributed by atoms with Crippen molar-refractivity contribution in [2.45, 2.75) is 6.04 Å². The van der Waals surface area contributed by atoms with Crippen molar-refractivity contribution in [2.24, 2.45) is 0 Å². The number of nitriles is 1. The number of nitro groups is 1. The van der Waals surface area contributed by atoms with Crippen LogP contribution in [0.25, 0.3) is 0 Å². The molecule has 2 aromatic rings. The van der Waals surface area contributed by atoms with E-state index in [4.69, 9.17) is 0 Å². The van der Waals surface area contributed by atoms with Crippen molar-refractivity contribution in [3.63, 3.8) is 0 Å². The van der Waals surface area contributed by atoms with E-state index in [1.807, 2.05) is 23.6 Å². The third-order valence-corrected chi connectivity index (χ3v) is 4.99.